The van der Waals surface area contributed by atoms with E-state index in [0.29, 0.717) is 12.0 Å². The smallest absolute Gasteiger partial charge is 0.227 e. The second-order valence-electron chi connectivity index (χ2n) is 7.16. The minimum Gasteiger partial charge on any atom is -0.497 e. The lowest BCUT2D eigenvalue weighted by Gasteiger charge is -2.07. The Labute approximate surface area is 170 Å². The molecule has 0 unspecified atom stereocenters. The van der Waals surface area contributed by atoms with Crippen LogP contribution in [0.5, 0.6) is 5.75 Å². The number of hydrogen-bond acceptors (Lipinski definition) is 3. The molecule has 29 heavy (non-hydrogen) atoms. The number of rotatable bonds is 6. The van der Waals surface area contributed by atoms with Crippen molar-refractivity contribution in [2.24, 2.45) is 7.05 Å². The van der Waals surface area contributed by atoms with Gasteiger partial charge < -0.3 is 9.30 Å². The molecule has 0 bridgehead atoms. The first-order valence-electron chi connectivity index (χ1n) is 9.62. The molecule has 0 fully saturated rings. The number of pyridine rings is 1. The molecule has 5 heteroatoms. The molecule has 0 aliphatic carbocycles. The van der Waals surface area contributed by atoms with Crippen molar-refractivity contribution >= 4 is 16.8 Å². The van der Waals surface area contributed by atoms with Crippen molar-refractivity contribution in [1.82, 2.24) is 9.55 Å². The summed E-state index contributed by atoms with van der Waals surface area (Å²) < 4.78 is 9.29. The van der Waals surface area contributed by atoms with Crippen molar-refractivity contribution in [2.75, 3.05) is 7.11 Å². The van der Waals surface area contributed by atoms with Crippen LogP contribution >= 0.6 is 0 Å². The molecule has 5 nitrogen and oxygen atoms in total. The lowest BCUT2D eigenvalue weighted by molar-refractivity contribution is -0.688. The van der Waals surface area contributed by atoms with E-state index < -0.39 is 0 Å². The Kier molecular flexibility index (Phi) is 5.12. The van der Waals surface area contributed by atoms with Gasteiger partial charge in [0.25, 0.3) is 0 Å². The topological polar surface area (TPSA) is 48.0 Å². The second kappa shape index (κ2) is 7.87. The third-order valence-electron chi connectivity index (χ3n) is 5.34. The molecule has 4 aromatic rings. The summed E-state index contributed by atoms with van der Waals surface area (Å²) in [5, 5.41) is 0. The number of hydrogen-bond donors (Lipinski definition) is 0. The Balaban J connectivity index is 1.74. The fourth-order valence-electron chi connectivity index (χ4n) is 3.56. The molecule has 4 rings (SSSR count). The van der Waals surface area contributed by atoms with Crippen LogP contribution in [-0.4, -0.2) is 22.4 Å². The van der Waals surface area contributed by atoms with E-state index in [2.05, 4.69) is 16.7 Å². The minimum atomic E-state index is 0.0546. The highest BCUT2D eigenvalue weighted by Crippen LogP contribution is 2.19. The number of aryl methyl sites for hydroxylation is 2. The van der Waals surface area contributed by atoms with E-state index in [1.165, 1.54) is 5.56 Å². The molecule has 2 aromatic carbocycles. The Morgan fingerprint density at radius 3 is 2.48 bits per heavy atom. The highest BCUT2D eigenvalue weighted by atomic mass is 16.5. The van der Waals surface area contributed by atoms with Crippen LogP contribution in [0.1, 0.15) is 27.4 Å². The van der Waals surface area contributed by atoms with Crippen molar-refractivity contribution in [3.8, 4) is 5.75 Å². The lowest BCUT2D eigenvalue weighted by atomic mass is 10.1. The van der Waals surface area contributed by atoms with Gasteiger partial charge in [0.2, 0.25) is 18.0 Å². The first kappa shape index (κ1) is 18.9. The normalized spacial score (nSPS) is 11.0. The predicted octanol–water partition coefficient (Wildman–Crippen LogP) is 3.65. The average Bonchev–Trinajstić information content (AvgIpc) is 3.04. The van der Waals surface area contributed by atoms with Gasteiger partial charge in [0.15, 0.2) is 11.7 Å². The fraction of sp³-hybridized carbons (Fsp3) is 0.208. The molecule has 0 aliphatic heterocycles. The number of methoxy groups -OCH3 is 1. The highest BCUT2D eigenvalue weighted by molar-refractivity contribution is 5.95. The zero-order chi connectivity index (χ0) is 20.4. The zero-order valence-electron chi connectivity index (χ0n) is 16.9. The first-order chi connectivity index (χ1) is 14.1. The number of aromatic nitrogens is 3. The summed E-state index contributed by atoms with van der Waals surface area (Å²) >= 11 is 0. The van der Waals surface area contributed by atoms with Gasteiger partial charge in [-0.3, -0.25) is 4.79 Å². The lowest BCUT2D eigenvalue weighted by Crippen LogP contribution is -2.42. The maximum absolute atomic E-state index is 12.9. The number of imidazole rings is 1. The summed E-state index contributed by atoms with van der Waals surface area (Å²) in [6.07, 6.45) is 2.70. The molecule has 0 spiro atoms. The van der Waals surface area contributed by atoms with Crippen LogP contribution in [0.3, 0.4) is 0 Å². The largest absolute Gasteiger partial charge is 0.497 e. The van der Waals surface area contributed by atoms with Crippen molar-refractivity contribution in [1.29, 1.82) is 0 Å². The van der Waals surface area contributed by atoms with Crippen LogP contribution in [0.2, 0.25) is 0 Å². The molecule has 146 valence electrons. The van der Waals surface area contributed by atoms with Crippen molar-refractivity contribution in [3.63, 3.8) is 0 Å². The van der Waals surface area contributed by atoms with E-state index in [1.807, 2.05) is 73.3 Å². The van der Waals surface area contributed by atoms with Gasteiger partial charge in [-0.1, -0.05) is 30.3 Å². The molecular formula is C24H24N3O2+. The molecule has 0 radical (unpaired) electrons. The van der Waals surface area contributed by atoms with E-state index in [9.17, 15) is 4.79 Å². The third-order valence-corrected chi connectivity index (χ3v) is 5.34. The minimum absolute atomic E-state index is 0.0546. The maximum atomic E-state index is 12.9. The maximum Gasteiger partial charge on any atom is 0.227 e. The number of ether oxygens (including phenoxy) is 1. The predicted molar refractivity (Wildman–Crippen MR) is 112 cm³/mol. The van der Waals surface area contributed by atoms with Crippen molar-refractivity contribution in [3.05, 3.63) is 89.5 Å². The van der Waals surface area contributed by atoms with Gasteiger partial charge >= 0.3 is 0 Å². The van der Waals surface area contributed by atoms with Crippen LogP contribution in [0.25, 0.3) is 11.0 Å². The van der Waals surface area contributed by atoms with Gasteiger partial charge in [0, 0.05) is 18.7 Å². The molecular weight excluding hydrogens is 362 g/mol. The van der Waals surface area contributed by atoms with Crippen LogP contribution < -0.4 is 9.30 Å². The van der Waals surface area contributed by atoms with E-state index in [0.717, 1.165) is 28.3 Å². The van der Waals surface area contributed by atoms with Crippen LogP contribution in [-0.2, 0) is 20.0 Å². The number of Topliss-reactive ketones (excluding diaryl/α,β-unsaturated/α-hetero) is 1. The number of benzene rings is 2. The van der Waals surface area contributed by atoms with E-state index in [4.69, 9.17) is 9.72 Å². The number of carbonyl (C=O) groups excluding carboxylic acids is 1. The van der Waals surface area contributed by atoms with E-state index >= 15 is 0 Å². The zero-order valence-corrected chi connectivity index (χ0v) is 16.9. The molecule has 0 saturated heterocycles. The molecule has 0 aliphatic rings. The van der Waals surface area contributed by atoms with Gasteiger partial charge in [-0.25, -0.2) is 4.98 Å². The standard InChI is InChI=1S/C24H24N3O2/c1-17-25-24-21(26(17)2)13-14-27(22(24)15-18-7-5-4-6-8-18)16-23(28)19-9-11-20(29-3)12-10-19/h4-14H,15-16H2,1-3H3/q+1. The molecule has 0 N–H and O–H groups in total. The van der Waals surface area contributed by atoms with Crippen LogP contribution in [0.15, 0.2) is 66.9 Å². The van der Waals surface area contributed by atoms with Gasteiger partial charge in [-0.2, -0.15) is 4.57 Å². The number of fused-ring (bicyclic) bond motifs is 1. The van der Waals surface area contributed by atoms with Crippen molar-refractivity contribution in [2.45, 2.75) is 19.9 Å². The van der Waals surface area contributed by atoms with Crippen LogP contribution in [0, 0.1) is 6.92 Å². The second-order valence-corrected chi connectivity index (χ2v) is 7.16. The molecule has 0 amide bonds. The summed E-state index contributed by atoms with van der Waals surface area (Å²) in [4.78, 5) is 17.7. The average molecular weight is 386 g/mol. The van der Waals surface area contributed by atoms with Gasteiger partial charge in [-0.05, 0) is 36.8 Å². The Morgan fingerprint density at radius 1 is 1.07 bits per heavy atom. The molecule has 2 aromatic heterocycles. The number of carbonyl (C=O) groups is 1. The fourth-order valence-corrected chi connectivity index (χ4v) is 3.56. The van der Waals surface area contributed by atoms with Gasteiger partial charge in [-0.15, -0.1) is 0 Å². The molecule has 0 saturated carbocycles. The number of ketones is 1. The Morgan fingerprint density at radius 2 is 1.79 bits per heavy atom. The summed E-state index contributed by atoms with van der Waals surface area (Å²) in [6, 6.07) is 19.6. The third kappa shape index (κ3) is 3.76. The van der Waals surface area contributed by atoms with Crippen LogP contribution in [0.4, 0.5) is 0 Å². The molecule has 2 heterocycles. The number of nitrogens with zero attached hydrogens (tertiary/aromatic N) is 3. The molecule has 0 atom stereocenters. The summed E-state index contributed by atoms with van der Waals surface area (Å²) in [7, 11) is 3.64. The summed E-state index contributed by atoms with van der Waals surface area (Å²) in [6.45, 7) is 2.26. The van der Waals surface area contributed by atoms with Crippen molar-refractivity contribution < 1.29 is 14.1 Å². The monoisotopic (exact) mass is 386 g/mol. The van der Waals surface area contributed by atoms with Gasteiger partial charge in [0.05, 0.1) is 19.0 Å². The Hall–Kier alpha value is -3.47. The van der Waals surface area contributed by atoms with Gasteiger partial charge in [0.1, 0.15) is 11.6 Å². The first-order valence-corrected chi connectivity index (χ1v) is 9.62. The summed E-state index contributed by atoms with van der Waals surface area (Å²) in [5.41, 5.74) is 4.91. The SMILES string of the molecule is COc1ccc(C(=O)C[n+]2ccc3c(nc(C)n3C)c2Cc2ccccc2)cc1. The Bertz CT molecular complexity index is 1160. The van der Waals surface area contributed by atoms with E-state index in [-0.39, 0.29) is 12.3 Å². The summed E-state index contributed by atoms with van der Waals surface area (Å²) in [5.74, 6) is 1.75. The highest BCUT2D eigenvalue weighted by Gasteiger charge is 2.23. The van der Waals surface area contributed by atoms with E-state index in [1.54, 1.807) is 7.11 Å². The quantitative estimate of drug-likeness (QED) is 0.375.